The quantitative estimate of drug-likeness (QED) is 0.870. The summed E-state index contributed by atoms with van der Waals surface area (Å²) < 4.78 is 0. The molecule has 2 nitrogen and oxygen atoms in total. The molecule has 0 saturated carbocycles. The molecule has 0 amide bonds. The number of pyridine rings is 1. The van der Waals surface area contributed by atoms with Crippen LogP contribution in [0.1, 0.15) is 28.3 Å². The average Bonchev–Trinajstić information content (AvgIpc) is 2.36. The molecule has 0 bridgehead atoms. The third-order valence-electron chi connectivity index (χ3n) is 3.17. The fourth-order valence-corrected chi connectivity index (χ4v) is 2.02. The normalized spacial score (nSPS) is 12.4. The molecule has 0 aliphatic heterocycles. The van der Waals surface area contributed by atoms with E-state index in [0.717, 1.165) is 0 Å². The van der Waals surface area contributed by atoms with Crippen molar-refractivity contribution in [2.24, 2.45) is 0 Å². The number of rotatable bonds is 3. The number of aromatic nitrogens is 1. The third-order valence-corrected chi connectivity index (χ3v) is 3.17. The standard InChI is InChI=1S/C15H18N2/c1-11-6-7-13(9-12(11)2)15(16-3)14-5-4-8-17-10-14/h4-10,15-16H,1-3H3. The summed E-state index contributed by atoms with van der Waals surface area (Å²) in [5.41, 5.74) is 5.13. The topological polar surface area (TPSA) is 24.9 Å². The van der Waals surface area contributed by atoms with E-state index in [1.54, 1.807) is 6.20 Å². The molecule has 2 aromatic rings. The van der Waals surface area contributed by atoms with E-state index >= 15 is 0 Å². The van der Waals surface area contributed by atoms with Crippen LogP contribution in [-0.4, -0.2) is 12.0 Å². The smallest absolute Gasteiger partial charge is 0.0589 e. The van der Waals surface area contributed by atoms with Crippen molar-refractivity contribution in [1.82, 2.24) is 10.3 Å². The van der Waals surface area contributed by atoms with Gasteiger partial charge in [0.05, 0.1) is 6.04 Å². The van der Waals surface area contributed by atoms with Gasteiger partial charge < -0.3 is 5.32 Å². The molecular weight excluding hydrogens is 208 g/mol. The van der Waals surface area contributed by atoms with E-state index in [-0.39, 0.29) is 6.04 Å². The Kier molecular flexibility index (Phi) is 3.55. The largest absolute Gasteiger partial charge is 0.309 e. The number of benzene rings is 1. The fraction of sp³-hybridized carbons (Fsp3) is 0.267. The van der Waals surface area contributed by atoms with Crippen molar-refractivity contribution < 1.29 is 0 Å². The van der Waals surface area contributed by atoms with Gasteiger partial charge in [-0.3, -0.25) is 4.98 Å². The molecule has 1 aromatic heterocycles. The molecule has 1 N–H and O–H groups in total. The molecule has 1 atom stereocenters. The van der Waals surface area contributed by atoms with Crippen LogP contribution in [0.3, 0.4) is 0 Å². The van der Waals surface area contributed by atoms with Crippen molar-refractivity contribution in [2.45, 2.75) is 19.9 Å². The number of hydrogen-bond donors (Lipinski definition) is 1. The van der Waals surface area contributed by atoms with E-state index < -0.39 is 0 Å². The number of nitrogens with zero attached hydrogens (tertiary/aromatic N) is 1. The second kappa shape index (κ2) is 5.11. The molecule has 1 heterocycles. The minimum atomic E-state index is 0.211. The van der Waals surface area contributed by atoms with E-state index in [9.17, 15) is 0 Å². The lowest BCUT2D eigenvalue weighted by molar-refractivity contribution is 0.688. The Morgan fingerprint density at radius 2 is 1.88 bits per heavy atom. The molecule has 88 valence electrons. The predicted molar refractivity (Wildman–Crippen MR) is 71.1 cm³/mol. The first-order valence-electron chi connectivity index (χ1n) is 5.86. The molecule has 2 rings (SSSR count). The molecule has 0 aliphatic carbocycles. The van der Waals surface area contributed by atoms with Gasteiger partial charge in [-0.15, -0.1) is 0 Å². The molecule has 1 aromatic carbocycles. The van der Waals surface area contributed by atoms with Gasteiger partial charge in [0.1, 0.15) is 0 Å². The first-order chi connectivity index (χ1) is 8.22. The Hall–Kier alpha value is -1.67. The van der Waals surface area contributed by atoms with Gasteiger partial charge >= 0.3 is 0 Å². The Bertz CT molecular complexity index is 492. The zero-order chi connectivity index (χ0) is 12.3. The van der Waals surface area contributed by atoms with Crippen LogP contribution in [0.4, 0.5) is 0 Å². The third kappa shape index (κ3) is 2.53. The zero-order valence-corrected chi connectivity index (χ0v) is 10.6. The summed E-state index contributed by atoms with van der Waals surface area (Å²) in [7, 11) is 1.98. The van der Waals surface area contributed by atoms with E-state index in [2.05, 4.69) is 48.4 Å². The molecule has 0 radical (unpaired) electrons. The second-order valence-corrected chi connectivity index (χ2v) is 4.35. The summed E-state index contributed by atoms with van der Waals surface area (Å²) in [6.45, 7) is 4.28. The lowest BCUT2D eigenvalue weighted by Crippen LogP contribution is -2.17. The van der Waals surface area contributed by atoms with E-state index in [1.807, 2.05) is 19.3 Å². The van der Waals surface area contributed by atoms with Crippen LogP contribution in [0, 0.1) is 13.8 Å². The maximum absolute atomic E-state index is 4.18. The summed E-state index contributed by atoms with van der Waals surface area (Å²) in [5, 5.41) is 3.34. The van der Waals surface area contributed by atoms with Gasteiger partial charge in [-0.2, -0.15) is 0 Å². The monoisotopic (exact) mass is 226 g/mol. The van der Waals surface area contributed by atoms with Crippen LogP contribution in [-0.2, 0) is 0 Å². The molecular formula is C15H18N2. The van der Waals surface area contributed by atoms with Gasteiger partial charge in [-0.1, -0.05) is 24.3 Å². The Balaban J connectivity index is 2.39. The average molecular weight is 226 g/mol. The van der Waals surface area contributed by atoms with Crippen molar-refractivity contribution in [3.05, 3.63) is 65.0 Å². The molecule has 1 unspecified atom stereocenters. The first-order valence-corrected chi connectivity index (χ1v) is 5.86. The van der Waals surface area contributed by atoms with Gasteiger partial charge in [0, 0.05) is 12.4 Å². The molecule has 0 spiro atoms. The van der Waals surface area contributed by atoms with Crippen LogP contribution in [0.15, 0.2) is 42.7 Å². The SMILES string of the molecule is CNC(c1cccnc1)c1ccc(C)c(C)c1. The highest BCUT2D eigenvalue weighted by Crippen LogP contribution is 2.22. The van der Waals surface area contributed by atoms with Crippen molar-refractivity contribution in [2.75, 3.05) is 7.05 Å². The highest BCUT2D eigenvalue weighted by atomic mass is 14.9. The number of hydrogen-bond acceptors (Lipinski definition) is 2. The summed E-state index contributed by atoms with van der Waals surface area (Å²) in [6.07, 6.45) is 3.72. The highest BCUT2D eigenvalue weighted by Gasteiger charge is 2.12. The van der Waals surface area contributed by atoms with Crippen LogP contribution < -0.4 is 5.32 Å². The van der Waals surface area contributed by atoms with E-state index in [0.29, 0.717) is 0 Å². The number of aryl methyl sites for hydroxylation is 2. The van der Waals surface area contributed by atoms with Gasteiger partial charge in [-0.25, -0.2) is 0 Å². The minimum Gasteiger partial charge on any atom is -0.309 e. The van der Waals surface area contributed by atoms with Crippen molar-refractivity contribution >= 4 is 0 Å². The molecule has 0 saturated heterocycles. The summed E-state index contributed by atoms with van der Waals surface area (Å²) in [6, 6.07) is 10.9. The summed E-state index contributed by atoms with van der Waals surface area (Å²) in [5.74, 6) is 0. The minimum absolute atomic E-state index is 0.211. The van der Waals surface area contributed by atoms with Gasteiger partial charge in [0.25, 0.3) is 0 Å². The van der Waals surface area contributed by atoms with Crippen molar-refractivity contribution in [3.8, 4) is 0 Å². The lowest BCUT2D eigenvalue weighted by Gasteiger charge is -2.17. The highest BCUT2D eigenvalue weighted by molar-refractivity contribution is 5.36. The Morgan fingerprint density at radius 3 is 2.47 bits per heavy atom. The Labute approximate surface area is 103 Å². The maximum Gasteiger partial charge on any atom is 0.0589 e. The molecule has 0 fully saturated rings. The summed E-state index contributed by atoms with van der Waals surface area (Å²) in [4.78, 5) is 4.18. The molecule has 0 aliphatic rings. The van der Waals surface area contributed by atoms with Crippen molar-refractivity contribution in [1.29, 1.82) is 0 Å². The first kappa shape index (κ1) is 11.8. The van der Waals surface area contributed by atoms with Crippen LogP contribution in [0.25, 0.3) is 0 Å². The Morgan fingerprint density at radius 1 is 1.06 bits per heavy atom. The van der Waals surface area contributed by atoms with Crippen LogP contribution in [0.2, 0.25) is 0 Å². The number of nitrogens with one attached hydrogen (secondary N) is 1. The van der Waals surface area contributed by atoms with Gasteiger partial charge in [-0.05, 0) is 49.2 Å². The van der Waals surface area contributed by atoms with Crippen LogP contribution in [0.5, 0.6) is 0 Å². The zero-order valence-electron chi connectivity index (χ0n) is 10.6. The molecule has 17 heavy (non-hydrogen) atoms. The van der Waals surface area contributed by atoms with Crippen LogP contribution >= 0.6 is 0 Å². The van der Waals surface area contributed by atoms with Crippen molar-refractivity contribution in [3.63, 3.8) is 0 Å². The van der Waals surface area contributed by atoms with Gasteiger partial charge in [0.15, 0.2) is 0 Å². The summed E-state index contributed by atoms with van der Waals surface area (Å²) >= 11 is 0. The van der Waals surface area contributed by atoms with E-state index in [4.69, 9.17) is 0 Å². The lowest BCUT2D eigenvalue weighted by atomic mass is 9.97. The predicted octanol–water partition coefficient (Wildman–Crippen LogP) is 3.01. The second-order valence-electron chi connectivity index (χ2n) is 4.35. The van der Waals surface area contributed by atoms with Gasteiger partial charge in [0.2, 0.25) is 0 Å². The van der Waals surface area contributed by atoms with E-state index in [1.165, 1.54) is 22.3 Å². The fourth-order valence-electron chi connectivity index (χ4n) is 2.02. The molecule has 2 heteroatoms. The maximum atomic E-state index is 4.18.